The van der Waals surface area contributed by atoms with Gasteiger partial charge in [0.25, 0.3) is 0 Å². The van der Waals surface area contributed by atoms with Crippen molar-refractivity contribution >= 4 is 23.5 Å². The molecular formula is C22H21ClNO6+. The first-order valence-corrected chi connectivity index (χ1v) is 9.84. The average Bonchev–Trinajstić information content (AvgIpc) is 2.78. The maximum Gasteiger partial charge on any atom is 0.390 e. The first-order valence-electron chi connectivity index (χ1n) is 9.46. The zero-order valence-corrected chi connectivity index (χ0v) is 17.0. The van der Waals surface area contributed by atoms with E-state index in [-0.39, 0.29) is 29.7 Å². The van der Waals surface area contributed by atoms with Crippen LogP contribution in [0.4, 0.5) is 0 Å². The third kappa shape index (κ3) is 3.25. The highest BCUT2D eigenvalue weighted by molar-refractivity contribution is 6.30. The van der Waals surface area contributed by atoms with Gasteiger partial charge >= 0.3 is 11.9 Å². The minimum atomic E-state index is -1.32. The summed E-state index contributed by atoms with van der Waals surface area (Å²) in [5.74, 6) is -2.16. The van der Waals surface area contributed by atoms with E-state index in [9.17, 15) is 24.9 Å². The van der Waals surface area contributed by atoms with Crippen LogP contribution < -0.4 is 4.74 Å². The summed E-state index contributed by atoms with van der Waals surface area (Å²) in [7, 11) is 1.68. The molecule has 3 N–H and O–H groups in total. The summed E-state index contributed by atoms with van der Waals surface area (Å²) in [4.78, 5) is 23.1. The molecule has 2 aliphatic rings. The van der Waals surface area contributed by atoms with Crippen molar-refractivity contribution in [1.29, 1.82) is 0 Å². The summed E-state index contributed by atoms with van der Waals surface area (Å²) >= 11 is 6.17. The van der Waals surface area contributed by atoms with Crippen molar-refractivity contribution in [2.45, 2.75) is 17.9 Å². The van der Waals surface area contributed by atoms with E-state index in [1.807, 2.05) is 12.1 Å². The highest BCUT2D eigenvalue weighted by Gasteiger charge is 2.54. The van der Waals surface area contributed by atoms with Crippen LogP contribution in [0.5, 0.6) is 11.5 Å². The van der Waals surface area contributed by atoms with Gasteiger partial charge in [0, 0.05) is 22.6 Å². The van der Waals surface area contributed by atoms with Gasteiger partial charge < -0.3 is 20.1 Å². The van der Waals surface area contributed by atoms with Crippen LogP contribution in [0.3, 0.4) is 0 Å². The first-order chi connectivity index (χ1) is 14.1. The number of para-hydroxylation sites is 1. The summed E-state index contributed by atoms with van der Waals surface area (Å²) in [5.41, 5.74) is -0.228. The number of benzene rings is 2. The lowest BCUT2D eigenvalue weighted by molar-refractivity contribution is -0.878. The van der Waals surface area contributed by atoms with Gasteiger partial charge in [-0.25, -0.2) is 9.59 Å². The predicted octanol–water partition coefficient (Wildman–Crippen LogP) is 3.32. The Morgan fingerprint density at radius 3 is 2.63 bits per heavy atom. The van der Waals surface area contributed by atoms with Crippen molar-refractivity contribution in [3.8, 4) is 11.5 Å². The fraction of sp³-hybridized carbons (Fsp3) is 0.273. The standard InChI is InChI=1S/C22H20ClNO6/c1-24(17(21(27)28)11-20(25)26)9-8-22(29)15-4-2-3-5-18(15)30-19-10-13(23)6-7-14(19)16(22)12-24/h2-7,10-11,16,29H,8-9,12H2,1H3,(H-,25,26,27,28)/p+1/b17-11-/t16-,22-,24-/m1/s1. The minimum Gasteiger partial charge on any atom is -0.478 e. The number of likely N-dealkylation sites (tertiary alicyclic amines) is 1. The summed E-state index contributed by atoms with van der Waals surface area (Å²) < 4.78 is 5.96. The largest absolute Gasteiger partial charge is 0.478 e. The molecule has 0 radical (unpaired) electrons. The fourth-order valence-corrected chi connectivity index (χ4v) is 4.78. The molecule has 1 saturated heterocycles. The average molecular weight is 431 g/mol. The van der Waals surface area contributed by atoms with E-state index in [1.54, 1.807) is 37.4 Å². The number of carboxylic acid groups (broad SMARTS) is 2. The molecule has 2 aliphatic heterocycles. The molecule has 30 heavy (non-hydrogen) atoms. The molecule has 3 atom stereocenters. The molecule has 0 aliphatic carbocycles. The van der Waals surface area contributed by atoms with Gasteiger partial charge in [-0.1, -0.05) is 35.9 Å². The smallest absolute Gasteiger partial charge is 0.390 e. The Kier molecular flexibility index (Phi) is 4.85. The van der Waals surface area contributed by atoms with Gasteiger partial charge in [-0.2, -0.15) is 0 Å². The van der Waals surface area contributed by atoms with Crippen molar-refractivity contribution < 1.29 is 34.1 Å². The molecule has 4 rings (SSSR count). The van der Waals surface area contributed by atoms with E-state index in [4.69, 9.17) is 16.3 Å². The van der Waals surface area contributed by atoms with Gasteiger partial charge in [0.15, 0.2) is 0 Å². The maximum absolute atomic E-state index is 11.9. The lowest BCUT2D eigenvalue weighted by atomic mass is 9.72. The van der Waals surface area contributed by atoms with Gasteiger partial charge in [0.1, 0.15) is 17.1 Å². The Labute approximate surface area is 178 Å². The Bertz CT molecular complexity index is 1080. The lowest BCUT2D eigenvalue weighted by Crippen LogP contribution is -2.58. The van der Waals surface area contributed by atoms with E-state index < -0.39 is 23.5 Å². The number of nitrogens with zero attached hydrogens (tertiary/aromatic N) is 1. The minimum absolute atomic E-state index is 0.140. The van der Waals surface area contributed by atoms with Crippen LogP contribution in [0.1, 0.15) is 23.5 Å². The van der Waals surface area contributed by atoms with Crippen LogP contribution in [0.2, 0.25) is 5.02 Å². The molecular weight excluding hydrogens is 410 g/mol. The Morgan fingerprint density at radius 2 is 1.93 bits per heavy atom. The van der Waals surface area contributed by atoms with Crippen LogP contribution in [-0.2, 0) is 15.2 Å². The molecule has 1 fully saturated rings. The van der Waals surface area contributed by atoms with Gasteiger partial charge in [-0.05, 0) is 18.2 Å². The summed E-state index contributed by atoms with van der Waals surface area (Å²) in [6, 6.07) is 12.3. The van der Waals surface area contributed by atoms with Crippen LogP contribution in [0, 0.1) is 0 Å². The van der Waals surface area contributed by atoms with E-state index in [0.717, 1.165) is 6.08 Å². The van der Waals surface area contributed by atoms with Crippen molar-refractivity contribution in [2.24, 2.45) is 0 Å². The molecule has 0 unspecified atom stereocenters. The Morgan fingerprint density at radius 1 is 1.20 bits per heavy atom. The number of ether oxygens (including phenoxy) is 1. The van der Waals surface area contributed by atoms with Gasteiger partial charge in [0.2, 0.25) is 5.70 Å². The van der Waals surface area contributed by atoms with E-state index >= 15 is 0 Å². The predicted molar refractivity (Wildman–Crippen MR) is 108 cm³/mol. The summed E-state index contributed by atoms with van der Waals surface area (Å²) in [5, 5.41) is 31.2. The number of likely N-dealkylation sites (N-methyl/N-ethyl adjacent to an activating group) is 1. The van der Waals surface area contributed by atoms with E-state index in [2.05, 4.69) is 0 Å². The molecule has 0 spiro atoms. The van der Waals surface area contributed by atoms with Crippen molar-refractivity contribution in [3.63, 3.8) is 0 Å². The fourth-order valence-electron chi connectivity index (χ4n) is 4.62. The van der Waals surface area contributed by atoms with Gasteiger partial charge in [-0.15, -0.1) is 0 Å². The summed E-state index contributed by atoms with van der Waals surface area (Å²) in [6.45, 7) is 0.421. The van der Waals surface area contributed by atoms with Crippen LogP contribution >= 0.6 is 11.6 Å². The molecule has 0 bridgehead atoms. The lowest BCUT2D eigenvalue weighted by Gasteiger charge is -2.48. The number of piperidine rings is 1. The number of fused-ring (bicyclic) bond motifs is 5. The molecule has 2 aromatic carbocycles. The van der Waals surface area contributed by atoms with Crippen LogP contribution in [0.15, 0.2) is 54.2 Å². The van der Waals surface area contributed by atoms with Crippen LogP contribution in [0.25, 0.3) is 0 Å². The molecule has 2 aromatic rings. The van der Waals surface area contributed by atoms with Crippen LogP contribution in [-0.4, -0.2) is 51.9 Å². The SMILES string of the molecule is C[N@@+]1(/C(=C\C(=O)O)C(=O)O)CC[C@@]2(O)c3ccccc3Oc3cc(Cl)ccc3[C@H]2C1. The number of rotatable bonds is 3. The van der Waals surface area contributed by atoms with Gasteiger partial charge in [-0.3, -0.25) is 4.48 Å². The molecule has 7 nitrogen and oxygen atoms in total. The number of halogens is 1. The highest BCUT2D eigenvalue weighted by atomic mass is 35.5. The quantitative estimate of drug-likeness (QED) is 0.509. The molecule has 8 heteroatoms. The number of hydrogen-bond donors (Lipinski definition) is 3. The monoisotopic (exact) mass is 430 g/mol. The van der Waals surface area contributed by atoms with E-state index in [1.165, 1.54) is 0 Å². The number of carboxylic acids is 2. The van der Waals surface area contributed by atoms with Crippen molar-refractivity contribution in [2.75, 3.05) is 20.1 Å². The second-order valence-corrected chi connectivity index (χ2v) is 8.42. The van der Waals surface area contributed by atoms with Crippen molar-refractivity contribution in [3.05, 3.63) is 70.4 Å². The normalized spacial score (nSPS) is 27.7. The van der Waals surface area contributed by atoms with Gasteiger partial charge in [0.05, 0.1) is 32.1 Å². The number of aliphatic hydroxyl groups is 1. The second kappa shape index (κ2) is 7.12. The highest BCUT2D eigenvalue weighted by Crippen LogP contribution is 2.54. The van der Waals surface area contributed by atoms with Crippen molar-refractivity contribution in [1.82, 2.24) is 0 Å². The Balaban J connectivity index is 1.90. The molecule has 0 saturated carbocycles. The third-order valence-corrected chi connectivity index (χ3v) is 6.37. The molecule has 2 heterocycles. The number of hydrogen-bond acceptors (Lipinski definition) is 4. The first kappa shape index (κ1) is 20.4. The van der Waals surface area contributed by atoms with E-state index in [0.29, 0.717) is 27.6 Å². The number of carbonyl (C=O) groups is 2. The second-order valence-electron chi connectivity index (χ2n) is 7.98. The topological polar surface area (TPSA) is 104 Å². The molecule has 156 valence electrons. The Hall–Kier alpha value is -2.87. The number of aliphatic carboxylic acids is 2. The number of quaternary nitrogens is 1. The molecule has 0 amide bonds. The third-order valence-electron chi connectivity index (χ3n) is 6.13. The molecule has 0 aromatic heterocycles. The zero-order chi connectivity index (χ0) is 21.7. The zero-order valence-electron chi connectivity index (χ0n) is 16.2. The maximum atomic E-state index is 11.9. The summed E-state index contributed by atoms with van der Waals surface area (Å²) in [6.07, 6.45) is 0.956.